The summed E-state index contributed by atoms with van der Waals surface area (Å²) in [6, 6.07) is 9.52. The number of pyridine rings is 1. The van der Waals surface area contributed by atoms with E-state index in [0.29, 0.717) is 23.2 Å². The molecule has 1 heterocycles. The SMILES string of the molecule is Nc1ccc(Cl)nc1NCc1ccc(F)cc1. The summed E-state index contributed by atoms with van der Waals surface area (Å²) in [6.07, 6.45) is 0. The fourth-order valence-corrected chi connectivity index (χ4v) is 1.52. The van der Waals surface area contributed by atoms with Gasteiger partial charge in [-0.3, -0.25) is 0 Å². The van der Waals surface area contributed by atoms with E-state index in [2.05, 4.69) is 10.3 Å². The third kappa shape index (κ3) is 3.07. The largest absolute Gasteiger partial charge is 0.396 e. The summed E-state index contributed by atoms with van der Waals surface area (Å²) in [5.74, 6) is 0.274. The molecule has 5 heteroatoms. The lowest BCUT2D eigenvalue weighted by Gasteiger charge is -2.08. The number of nitrogens with two attached hydrogens (primary N) is 1. The van der Waals surface area contributed by atoms with Crippen LogP contribution in [0.25, 0.3) is 0 Å². The van der Waals surface area contributed by atoms with Crippen molar-refractivity contribution in [1.29, 1.82) is 0 Å². The molecule has 1 aromatic heterocycles. The van der Waals surface area contributed by atoms with Crippen molar-refractivity contribution in [2.24, 2.45) is 0 Å². The zero-order valence-electron chi connectivity index (χ0n) is 8.95. The van der Waals surface area contributed by atoms with Crippen LogP contribution >= 0.6 is 11.6 Å². The van der Waals surface area contributed by atoms with E-state index >= 15 is 0 Å². The minimum absolute atomic E-state index is 0.255. The van der Waals surface area contributed by atoms with Gasteiger partial charge in [-0.2, -0.15) is 0 Å². The van der Waals surface area contributed by atoms with Crippen LogP contribution in [0.2, 0.25) is 5.15 Å². The Morgan fingerprint density at radius 3 is 2.59 bits per heavy atom. The number of benzene rings is 1. The highest BCUT2D eigenvalue weighted by atomic mass is 35.5. The van der Waals surface area contributed by atoms with Gasteiger partial charge in [0.25, 0.3) is 0 Å². The van der Waals surface area contributed by atoms with Crippen LogP contribution in [0.4, 0.5) is 15.9 Å². The second-order valence-electron chi connectivity index (χ2n) is 3.55. The average Bonchev–Trinajstić information content (AvgIpc) is 2.32. The van der Waals surface area contributed by atoms with Crippen molar-refractivity contribution in [3.63, 3.8) is 0 Å². The quantitative estimate of drug-likeness (QED) is 0.825. The van der Waals surface area contributed by atoms with Crippen LogP contribution in [0, 0.1) is 5.82 Å². The Morgan fingerprint density at radius 2 is 1.88 bits per heavy atom. The van der Waals surface area contributed by atoms with Crippen LogP contribution < -0.4 is 11.1 Å². The van der Waals surface area contributed by atoms with Gasteiger partial charge in [0.15, 0.2) is 5.82 Å². The third-order valence-electron chi connectivity index (χ3n) is 2.27. The fraction of sp³-hybridized carbons (Fsp3) is 0.0833. The van der Waals surface area contributed by atoms with Gasteiger partial charge in [0, 0.05) is 6.54 Å². The van der Waals surface area contributed by atoms with Gasteiger partial charge in [0.1, 0.15) is 11.0 Å². The zero-order chi connectivity index (χ0) is 12.3. The second-order valence-corrected chi connectivity index (χ2v) is 3.94. The minimum atomic E-state index is -0.255. The van der Waals surface area contributed by atoms with Crippen molar-refractivity contribution in [2.45, 2.75) is 6.54 Å². The first-order chi connectivity index (χ1) is 8.15. The minimum Gasteiger partial charge on any atom is -0.396 e. The highest BCUT2D eigenvalue weighted by Crippen LogP contribution is 2.19. The molecule has 0 bridgehead atoms. The highest BCUT2D eigenvalue weighted by Gasteiger charge is 2.01. The monoisotopic (exact) mass is 251 g/mol. The highest BCUT2D eigenvalue weighted by molar-refractivity contribution is 6.29. The van der Waals surface area contributed by atoms with Crippen LogP contribution in [-0.4, -0.2) is 4.98 Å². The molecule has 0 unspecified atom stereocenters. The van der Waals surface area contributed by atoms with E-state index in [1.165, 1.54) is 12.1 Å². The molecule has 0 spiro atoms. The summed E-state index contributed by atoms with van der Waals surface area (Å²) in [7, 11) is 0. The molecular weight excluding hydrogens is 241 g/mol. The predicted molar refractivity (Wildman–Crippen MR) is 67.4 cm³/mol. The second kappa shape index (κ2) is 5.01. The van der Waals surface area contributed by atoms with Crippen molar-refractivity contribution in [2.75, 3.05) is 11.1 Å². The van der Waals surface area contributed by atoms with Crippen LogP contribution in [0.3, 0.4) is 0 Å². The number of hydrogen-bond acceptors (Lipinski definition) is 3. The van der Waals surface area contributed by atoms with E-state index in [9.17, 15) is 4.39 Å². The summed E-state index contributed by atoms with van der Waals surface area (Å²) in [4.78, 5) is 4.06. The molecule has 0 atom stereocenters. The maximum absolute atomic E-state index is 12.7. The molecule has 2 rings (SSSR count). The number of rotatable bonds is 3. The van der Waals surface area contributed by atoms with Gasteiger partial charge in [-0.05, 0) is 29.8 Å². The molecule has 0 radical (unpaired) electrons. The van der Waals surface area contributed by atoms with E-state index in [4.69, 9.17) is 17.3 Å². The number of halogens is 2. The van der Waals surface area contributed by atoms with Gasteiger partial charge >= 0.3 is 0 Å². The number of nitrogens with one attached hydrogen (secondary N) is 1. The summed E-state index contributed by atoms with van der Waals surface area (Å²) in [5, 5.41) is 3.42. The third-order valence-corrected chi connectivity index (χ3v) is 2.48. The van der Waals surface area contributed by atoms with Crippen LogP contribution in [0.5, 0.6) is 0 Å². The first kappa shape index (κ1) is 11.7. The Morgan fingerprint density at radius 1 is 1.18 bits per heavy atom. The normalized spacial score (nSPS) is 10.2. The van der Waals surface area contributed by atoms with Gasteiger partial charge in [-0.25, -0.2) is 9.37 Å². The molecule has 3 nitrogen and oxygen atoms in total. The molecule has 0 saturated carbocycles. The fourth-order valence-electron chi connectivity index (χ4n) is 1.38. The summed E-state index contributed by atoms with van der Waals surface area (Å²) < 4.78 is 12.7. The lowest BCUT2D eigenvalue weighted by Crippen LogP contribution is -2.04. The molecular formula is C12H11ClFN3. The van der Waals surface area contributed by atoms with E-state index in [0.717, 1.165) is 5.56 Å². The molecule has 3 N–H and O–H groups in total. The van der Waals surface area contributed by atoms with E-state index in [-0.39, 0.29) is 5.82 Å². The number of aromatic nitrogens is 1. The Labute approximate surface area is 103 Å². The van der Waals surface area contributed by atoms with Gasteiger partial charge < -0.3 is 11.1 Å². The van der Waals surface area contributed by atoms with E-state index in [1.54, 1.807) is 24.3 Å². The van der Waals surface area contributed by atoms with Gasteiger partial charge in [-0.15, -0.1) is 0 Å². The first-order valence-electron chi connectivity index (χ1n) is 5.05. The molecule has 0 aliphatic carbocycles. The van der Waals surface area contributed by atoms with Crippen LogP contribution in [0.15, 0.2) is 36.4 Å². The van der Waals surface area contributed by atoms with Crippen molar-refractivity contribution >= 4 is 23.1 Å². The maximum atomic E-state index is 12.7. The molecule has 0 aliphatic heterocycles. The molecule has 0 amide bonds. The van der Waals surface area contributed by atoms with Gasteiger partial charge in [-0.1, -0.05) is 23.7 Å². The average molecular weight is 252 g/mol. The van der Waals surface area contributed by atoms with E-state index < -0.39 is 0 Å². The number of anilines is 2. The molecule has 0 fully saturated rings. The standard InChI is InChI=1S/C12H11ClFN3/c13-11-6-5-10(15)12(17-11)16-7-8-1-3-9(14)4-2-8/h1-6H,7,15H2,(H,16,17). The maximum Gasteiger partial charge on any atom is 0.151 e. The summed E-state index contributed by atoms with van der Waals surface area (Å²) in [5.41, 5.74) is 7.20. The lowest BCUT2D eigenvalue weighted by atomic mass is 10.2. The van der Waals surface area contributed by atoms with Crippen molar-refractivity contribution in [3.8, 4) is 0 Å². The van der Waals surface area contributed by atoms with Crippen LogP contribution in [-0.2, 0) is 6.54 Å². The lowest BCUT2D eigenvalue weighted by molar-refractivity contribution is 0.627. The van der Waals surface area contributed by atoms with Crippen LogP contribution in [0.1, 0.15) is 5.56 Å². The topological polar surface area (TPSA) is 50.9 Å². The Bertz CT molecular complexity index is 514. The predicted octanol–water partition coefficient (Wildman–Crippen LogP) is 3.07. The Kier molecular flexibility index (Phi) is 3.44. The number of nitrogens with zero attached hydrogens (tertiary/aromatic N) is 1. The number of nitrogen functional groups attached to an aromatic ring is 1. The molecule has 17 heavy (non-hydrogen) atoms. The molecule has 88 valence electrons. The molecule has 0 saturated heterocycles. The van der Waals surface area contributed by atoms with Crippen molar-refractivity contribution in [1.82, 2.24) is 4.98 Å². The first-order valence-corrected chi connectivity index (χ1v) is 5.43. The Balaban J connectivity index is 2.07. The smallest absolute Gasteiger partial charge is 0.151 e. The zero-order valence-corrected chi connectivity index (χ0v) is 9.71. The van der Waals surface area contributed by atoms with Crippen molar-refractivity contribution in [3.05, 3.63) is 52.9 Å². The Hall–Kier alpha value is -1.81. The van der Waals surface area contributed by atoms with Gasteiger partial charge in [0.2, 0.25) is 0 Å². The van der Waals surface area contributed by atoms with Gasteiger partial charge in [0.05, 0.1) is 5.69 Å². The summed E-state index contributed by atoms with van der Waals surface area (Å²) >= 11 is 5.76. The van der Waals surface area contributed by atoms with Crippen molar-refractivity contribution < 1.29 is 4.39 Å². The molecule has 2 aromatic rings. The summed E-state index contributed by atoms with van der Waals surface area (Å²) in [6.45, 7) is 0.512. The molecule has 1 aromatic carbocycles. The molecule has 0 aliphatic rings. The number of hydrogen-bond donors (Lipinski definition) is 2. The van der Waals surface area contributed by atoms with E-state index in [1.807, 2.05) is 0 Å².